The molecule has 3 nitrogen and oxygen atoms in total. The fourth-order valence-electron chi connectivity index (χ4n) is 2.27. The van der Waals surface area contributed by atoms with E-state index < -0.39 is 0 Å². The number of benzene rings is 2. The Labute approximate surface area is 138 Å². The highest BCUT2D eigenvalue weighted by Gasteiger charge is 2.03. The summed E-state index contributed by atoms with van der Waals surface area (Å²) in [4.78, 5) is 11.3. The lowest BCUT2D eigenvalue weighted by molar-refractivity contribution is -0.143. The van der Waals surface area contributed by atoms with Crippen LogP contribution < -0.4 is 4.74 Å². The van der Waals surface area contributed by atoms with Crippen molar-refractivity contribution in [3.8, 4) is 5.75 Å². The van der Waals surface area contributed by atoms with Gasteiger partial charge in [0.1, 0.15) is 12.4 Å². The van der Waals surface area contributed by atoms with Crippen LogP contribution in [-0.2, 0) is 29.0 Å². The van der Waals surface area contributed by atoms with Gasteiger partial charge in [-0.3, -0.25) is 4.79 Å². The third-order valence-corrected chi connectivity index (χ3v) is 3.68. The normalized spacial score (nSPS) is 10.3. The van der Waals surface area contributed by atoms with E-state index in [0.717, 1.165) is 23.3 Å². The molecule has 0 unspecified atom stereocenters. The van der Waals surface area contributed by atoms with Gasteiger partial charge in [0.15, 0.2) is 0 Å². The molecule has 3 heteroatoms. The Morgan fingerprint density at radius 3 is 2.09 bits per heavy atom. The van der Waals surface area contributed by atoms with E-state index in [0.29, 0.717) is 26.1 Å². The minimum Gasteiger partial charge on any atom is -0.489 e. The third kappa shape index (κ3) is 5.78. The number of esters is 1. The maximum Gasteiger partial charge on any atom is 0.306 e. The summed E-state index contributed by atoms with van der Waals surface area (Å²) in [5.41, 5.74) is 3.60. The zero-order valence-corrected chi connectivity index (χ0v) is 13.9. The molecule has 0 aliphatic heterocycles. The fraction of sp³-hybridized carbons (Fsp3) is 0.350. The molecule has 0 heterocycles. The van der Waals surface area contributed by atoms with Crippen molar-refractivity contribution in [3.63, 3.8) is 0 Å². The topological polar surface area (TPSA) is 35.5 Å². The smallest absolute Gasteiger partial charge is 0.306 e. The largest absolute Gasteiger partial charge is 0.489 e. The predicted octanol–water partition coefficient (Wildman–Crippen LogP) is 4.32. The summed E-state index contributed by atoms with van der Waals surface area (Å²) in [7, 11) is 0. The summed E-state index contributed by atoms with van der Waals surface area (Å²) in [5.74, 6) is 0.688. The van der Waals surface area contributed by atoms with Gasteiger partial charge in [0.25, 0.3) is 0 Å². The fourth-order valence-corrected chi connectivity index (χ4v) is 2.27. The molecule has 2 rings (SSSR count). The van der Waals surface area contributed by atoms with Crippen molar-refractivity contribution >= 4 is 5.97 Å². The van der Waals surface area contributed by atoms with E-state index in [9.17, 15) is 4.79 Å². The first kappa shape index (κ1) is 17.1. The first-order chi connectivity index (χ1) is 11.2. The molecule has 122 valence electrons. The lowest BCUT2D eigenvalue weighted by atomic mass is 10.1. The van der Waals surface area contributed by atoms with Crippen LogP contribution in [0.15, 0.2) is 48.5 Å². The van der Waals surface area contributed by atoms with Gasteiger partial charge in [0.2, 0.25) is 0 Å². The third-order valence-electron chi connectivity index (χ3n) is 3.68. The molecular weight excluding hydrogens is 288 g/mol. The van der Waals surface area contributed by atoms with E-state index in [1.807, 2.05) is 31.2 Å². The number of rotatable bonds is 8. The van der Waals surface area contributed by atoms with Crippen molar-refractivity contribution in [2.75, 3.05) is 6.61 Å². The lowest BCUT2D eigenvalue weighted by Gasteiger charge is -2.08. The second-order valence-corrected chi connectivity index (χ2v) is 5.41. The summed E-state index contributed by atoms with van der Waals surface area (Å²) in [6.45, 7) is 4.96. The Hall–Kier alpha value is -2.29. The summed E-state index contributed by atoms with van der Waals surface area (Å²) in [6.07, 6.45) is 2.16. The number of carbonyl (C=O) groups excluding carboxylic acids is 1. The van der Waals surface area contributed by atoms with Crippen LogP contribution in [0.1, 0.15) is 37.0 Å². The lowest BCUT2D eigenvalue weighted by Crippen LogP contribution is -2.05. The van der Waals surface area contributed by atoms with Crippen LogP contribution in [0.2, 0.25) is 0 Å². The van der Waals surface area contributed by atoms with Gasteiger partial charge in [-0.1, -0.05) is 43.3 Å². The zero-order chi connectivity index (χ0) is 16.5. The van der Waals surface area contributed by atoms with Crippen LogP contribution in [-0.4, -0.2) is 12.6 Å². The number of carbonyl (C=O) groups is 1. The molecule has 0 bridgehead atoms. The van der Waals surface area contributed by atoms with Gasteiger partial charge in [-0.05, 0) is 48.6 Å². The molecule has 0 radical (unpaired) electrons. The van der Waals surface area contributed by atoms with Gasteiger partial charge in [0.05, 0.1) is 6.61 Å². The highest BCUT2D eigenvalue weighted by molar-refractivity contribution is 5.69. The van der Waals surface area contributed by atoms with E-state index in [1.165, 1.54) is 5.56 Å². The summed E-state index contributed by atoms with van der Waals surface area (Å²) < 4.78 is 10.7. The molecule has 0 saturated heterocycles. The second-order valence-electron chi connectivity index (χ2n) is 5.41. The maximum absolute atomic E-state index is 11.3. The molecule has 23 heavy (non-hydrogen) atoms. The van der Waals surface area contributed by atoms with Gasteiger partial charge in [-0.25, -0.2) is 0 Å². The minimum atomic E-state index is -0.150. The quantitative estimate of drug-likeness (QED) is 0.681. The van der Waals surface area contributed by atoms with Gasteiger partial charge < -0.3 is 9.47 Å². The zero-order valence-electron chi connectivity index (χ0n) is 13.9. The summed E-state index contributed by atoms with van der Waals surface area (Å²) >= 11 is 0. The van der Waals surface area contributed by atoms with E-state index >= 15 is 0 Å². The predicted molar refractivity (Wildman–Crippen MR) is 91.5 cm³/mol. The van der Waals surface area contributed by atoms with E-state index in [4.69, 9.17) is 9.47 Å². The maximum atomic E-state index is 11.3. The van der Waals surface area contributed by atoms with Crippen LogP contribution in [0.25, 0.3) is 0 Å². The molecule has 0 fully saturated rings. The molecule has 0 saturated carbocycles. The van der Waals surface area contributed by atoms with Crippen LogP contribution in [0.5, 0.6) is 5.75 Å². The SMILES string of the molecule is CCOC(=O)CCc1ccc(OCc2ccc(CC)cc2)cc1. The van der Waals surface area contributed by atoms with Crippen molar-refractivity contribution in [2.45, 2.75) is 39.7 Å². The molecular formula is C20H24O3. The van der Waals surface area contributed by atoms with Crippen molar-refractivity contribution in [3.05, 3.63) is 65.2 Å². The summed E-state index contributed by atoms with van der Waals surface area (Å²) in [5, 5.41) is 0. The van der Waals surface area contributed by atoms with Crippen LogP contribution in [0.3, 0.4) is 0 Å². The Balaban J connectivity index is 1.81. The van der Waals surface area contributed by atoms with Gasteiger partial charge in [-0.2, -0.15) is 0 Å². The molecule has 0 N–H and O–H groups in total. The second kappa shape index (κ2) is 8.99. The van der Waals surface area contributed by atoms with E-state index in [1.54, 1.807) is 0 Å². The van der Waals surface area contributed by atoms with E-state index in [-0.39, 0.29) is 5.97 Å². The minimum absolute atomic E-state index is 0.150. The molecule has 2 aromatic carbocycles. The molecule has 0 spiro atoms. The first-order valence-electron chi connectivity index (χ1n) is 8.16. The Bertz CT molecular complexity index is 600. The Morgan fingerprint density at radius 2 is 1.48 bits per heavy atom. The number of ether oxygens (including phenoxy) is 2. The Morgan fingerprint density at radius 1 is 0.870 bits per heavy atom. The average Bonchev–Trinajstić information content (AvgIpc) is 2.60. The van der Waals surface area contributed by atoms with E-state index in [2.05, 4.69) is 31.2 Å². The van der Waals surface area contributed by atoms with Crippen molar-refractivity contribution in [2.24, 2.45) is 0 Å². The van der Waals surface area contributed by atoms with Crippen LogP contribution in [0.4, 0.5) is 0 Å². The number of hydrogen-bond acceptors (Lipinski definition) is 3. The molecule has 0 atom stereocenters. The summed E-state index contributed by atoms with van der Waals surface area (Å²) in [6, 6.07) is 16.4. The van der Waals surface area contributed by atoms with Crippen LogP contribution in [0, 0.1) is 0 Å². The monoisotopic (exact) mass is 312 g/mol. The molecule has 0 aromatic heterocycles. The standard InChI is InChI=1S/C20H24O3/c1-3-16-5-7-18(8-6-16)15-23-19-12-9-17(10-13-19)11-14-20(21)22-4-2/h5-10,12-13H,3-4,11,14-15H2,1-2H3. The van der Waals surface area contributed by atoms with Gasteiger partial charge in [-0.15, -0.1) is 0 Å². The molecule has 0 aliphatic carbocycles. The molecule has 0 amide bonds. The van der Waals surface area contributed by atoms with Gasteiger partial charge >= 0.3 is 5.97 Å². The van der Waals surface area contributed by atoms with Crippen LogP contribution >= 0.6 is 0 Å². The highest BCUT2D eigenvalue weighted by atomic mass is 16.5. The van der Waals surface area contributed by atoms with Crippen molar-refractivity contribution in [1.29, 1.82) is 0 Å². The average molecular weight is 312 g/mol. The number of aryl methyl sites for hydroxylation is 2. The molecule has 0 aliphatic rings. The van der Waals surface area contributed by atoms with Gasteiger partial charge in [0, 0.05) is 6.42 Å². The molecule has 2 aromatic rings. The van der Waals surface area contributed by atoms with Crippen molar-refractivity contribution in [1.82, 2.24) is 0 Å². The van der Waals surface area contributed by atoms with Crippen molar-refractivity contribution < 1.29 is 14.3 Å². The number of hydrogen-bond donors (Lipinski definition) is 0. The first-order valence-corrected chi connectivity index (χ1v) is 8.16. The highest BCUT2D eigenvalue weighted by Crippen LogP contribution is 2.16. The Kier molecular flexibility index (Phi) is 6.67.